The molecule has 0 saturated carbocycles. The predicted octanol–water partition coefficient (Wildman–Crippen LogP) is 3.81. The van der Waals surface area contributed by atoms with E-state index in [1.165, 1.54) is 5.56 Å². The number of hydrogen-bond acceptors (Lipinski definition) is 5. The van der Waals surface area contributed by atoms with Gasteiger partial charge in [0.25, 0.3) is 0 Å². The van der Waals surface area contributed by atoms with Crippen LogP contribution in [0.15, 0.2) is 60.8 Å². The molecule has 4 rings (SSSR count). The summed E-state index contributed by atoms with van der Waals surface area (Å²) < 4.78 is 7.49. The van der Waals surface area contributed by atoms with Gasteiger partial charge in [0.05, 0.1) is 18.8 Å². The van der Waals surface area contributed by atoms with E-state index in [2.05, 4.69) is 34.6 Å². The van der Waals surface area contributed by atoms with Crippen LogP contribution >= 0.6 is 0 Å². The van der Waals surface area contributed by atoms with Crippen LogP contribution in [0.5, 0.6) is 5.75 Å². The number of nitrogens with two attached hydrogens (primary N) is 1. The van der Waals surface area contributed by atoms with Crippen molar-refractivity contribution in [3.8, 4) is 11.7 Å². The highest BCUT2D eigenvalue weighted by atomic mass is 16.5. The lowest BCUT2D eigenvalue weighted by Gasteiger charge is -2.13. The van der Waals surface area contributed by atoms with E-state index >= 15 is 0 Å². The number of benzene rings is 2. The number of anilines is 1. The average molecular weight is 373 g/mol. The molecule has 142 valence electrons. The molecule has 0 spiro atoms. The van der Waals surface area contributed by atoms with Gasteiger partial charge in [0.1, 0.15) is 0 Å². The summed E-state index contributed by atoms with van der Waals surface area (Å²) >= 11 is 0. The highest BCUT2D eigenvalue weighted by molar-refractivity contribution is 5.86. The zero-order valence-electron chi connectivity index (χ0n) is 16.0. The van der Waals surface area contributed by atoms with E-state index in [4.69, 9.17) is 15.5 Å². The van der Waals surface area contributed by atoms with Gasteiger partial charge in [-0.1, -0.05) is 42.5 Å². The summed E-state index contributed by atoms with van der Waals surface area (Å²) in [6.07, 6.45) is 1.70. The minimum Gasteiger partial charge on any atom is -0.491 e. The van der Waals surface area contributed by atoms with Crippen molar-refractivity contribution >= 4 is 16.7 Å². The highest BCUT2D eigenvalue weighted by Crippen LogP contribution is 2.28. The Labute approximate surface area is 164 Å². The van der Waals surface area contributed by atoms with Gasteiger partial charge in [-0.3, -0.25) is 4.57 Å². The van der Waals surface area contributed by atoms with Gasteiger partial charge in [-0.2, -0.15) is 4.98 Å². The molecule has 28 heavy (non-hydrogen) atoms. The number of aromatic nitrogens is 3. The van der Waals surface area contributed by atoms with E-state index in [1.54, 1.807) is 13.3 Å². The maximum atomic E-state index is 5.90. The maximum Gasteiger partial charge on any atom is 0.236 e. The molecule has 2 heterocycles. The van der Waals surface area contributed by atoms with Gasteiger partial charge in [-0.25, -0.2) is 4.98 Å². The Bertz CT molecular complexity index is 1100. The molecule has 0 saturated heterocycles. The first-order valence-electron chi connectivity index (χ1n) is 9.20. The van der Waals surface area contributed by atoms with E-state index in [9.17, 15) is 0 Å². The molecule has 2 aromatic heterocycles. The van der Waals surface area contributed by atoms with Crippen molar-refractivity contribution in [2.24, 2.45) is 5.73 Å². The second-order valence-corrected chi connectivity index (χ2v) is 6.60. The summed E-state index contributed by atoms with van der Waals surface area (Å²) in [5, 5.41) is 4.49. The first-order valence-corrected chi connectivity index (χ1v) is 9.20. The second kappa shape index (κ2) is 7.70. The third-order valence-corrected chi connectivity index (χ3v) is 4.81. The third kappa shape index (κ3) is 3.30. The van der Waals surface area contributed by atoms with E-state index < -0.39 is 0 Å². The van der Waals surface area contributed by atoms with Gasteiger partial charge in [-0.15, -0.1) is 0 Å². The average Bonchev–Trinajstić information content (AvgIpc) is 3.08. The molecule has 0 fully saturated rings. The Morgan fingerprint density at radius 3 is 2.68 bits per heavy atom. The van der Waals surface area contributed by atoms with Crippen LogP contribution in [0.1, 0.15) is 16.8 Å². The molecule has 0 bridgehead atoms. The van der Waals surface area contributed by atoms with Crippen LogP contribution in [0.3, 0.4) is 0 Å². The minimum absolute atomic E-state index is 0.494. The van der Waals surface area contributed by atoms with Gasteiger partial charge in [-0.05, 0) is 30.2 Å². The lowest BCUT2D eigenvalue weighted by atomic mass is 10.1. The fourth-order valence-electron chi connectivity index (χ4n) is 3.39. The molecule has 6 nitrogen and oxygen atoms in total. The lowest BCUT2D eigenvalue weighted by Crippen LogP contribution is -2.09. The summed E-state index contributed by atoms with van der Waals surface area (Å²) in [7, 11) is 1.62. The molecule has 0 amide bonds. The number of nitrogens with zero attached hydrogens (tertiary/aromatic N) is 3. The number of ether oxygens (including phenoxy) is 1. The van der Waals surface area contributed by atoms with Crippen molar-refractivity contribution in [3.63, 3.8) is 0 Å². The van der Waals surface area contributed by atoms with Crippen LogP contribution in [0, 0.1) is 6.92 Å². The molecular formula is C22H23N5O. The molecule has 0 aliphatic heterocycles. The predicted molar refractivity (Wildman–Crippen MR) is 112 cm³/mol. The van der Waals surface area contributed by atoms with Gasteiger partial charge in [0, 0.05) is 24.2 Å². The second-order valence-electron chi connectivity index (χ2n) is 6.60. The van der Waals surface area contributed by atoms with E-state index in [-0.39, 0.29) is 0 Å². The zero-order chi connectivity index (χ0) is 19.5. The molecule has 2 aromatic carbocycles. The van der Waals surface area contributed by atoms with Gasteiger partial charge >= 0.3 is 0 Å². The number of methoxy groups -OCH3 is 1. The molecule has 6 heteroatoms. The summed E-state index contributed by atoms with van der Waals surface area (Å²) in [6, 6.07) is 18.4. The van der Waals surface area contributed by atoms with Gasteiger partial charge in [0.15, 0.2) is 11.6 Å². The largest absolute Gasteiger partial charge is 0.491 e. The molecule has 3 N–H and O–H groups in total. The molecule has 0 radical (unpaired) electrons. The van der Waals surface area contributed by atoms with E-state index in [1.807, 2.05) is 41.8 Å². The zero-order valence-corrected chi connectivity index (χ0v) is 16.0. The summed E-state index contributed by atoms with van der Waals surface area (Å²) in [6.45, 7) is 3.19. The van der Waals surface area contributed by atoms with Crippen molar-refractivity contribution < 1.29 is 4.74 Å². The standard InChI is InChI=1S/C22H23N5O/c1-15-11-18-17(12-23)9-6-10-19(18)27(15)22-25-14-20(28-2)21(26-22)24-13-16-7-4-3-5-8-16/h3-11,14H,12-13,23H2,1-2H3,(H,24,25,26). The Hall–Kier alpha value is -3.38. The summed E-state index contributed by atoms with van der Waals surface area (Å²) in [4.78, 5) is 9.28. The minimum atomic E-state index is 0.494. The van der Waals surface area contributed by atoms with Crippen molar-refractivity contribution in [2.45, 2.75) is 20.0 Å². The number of hydrogen-bond donors (Lipinski definition) is 2. The van der Waals surface area contributed by atoms with Crippen molar-refractivity contribution in [3.05, 3.63) is 77.6 Å². The molecule has 0 aliphatic rings. The number of fused-ring (bicyclic) bond motifs is 1. The van der Waals surface area contributed by atoms with Crippen LogP contribution in [-0.2, 0) is 13.1 Å². The van der Waals surface area contributed by atoms with E-state index in [0.29, 0.717) is 30.6 Å². The SMILES string of the molecule is COc1cnc(-n2c(C)cc3c(CN)cccc32)nc1NCc1ccccc1. The maximum absolute atomic E-state index is 5.90. The smallest absolute Gasteiger partial charge is 0.236 e. The summed E-state index contributed by atoms with van der Waals surface area (Å²) in [5.74, 6) is 1.86. The fourth-order valence-corrected chi connectivity index (χ4v) is 3.39. The number of aryl methyl sites for hydroxylation is 1. The molecule has 0 unspecified atom stereocenters. The topological polar surface area (TPSA) is 78.0 Å². The monoisotopic (exact) mass is 373 g/mol. The first-order chi connectivity index (χ1) is 13.7. The fraction of sp³-hybridized carbons (Fsp3) is 0.182. The Balaban J connectivity index is 1.75. The van der Waals surface area contributed by atoms with Crippen molar-refractivity contribution in [2.75, 3.05) is 12.4 Å². The molecular weight excluding hydrogens is 350 g/mol. The van der Waals surface area contributed by atoms with Crippen molar-refractivity contribution in [1.29, 1.82) is 0 Å². The van der Waals surface area contributed by atoms with Gasteiger partial charge < -0.3 is 15.8 Å². The quantitative estimate of drug-likeness (QED) is 0.537. The van der Waals surface area contributed by atoms with E-state index in [0.717, 1.165) is 22.2 Å². The summed E-state index contributed by atoms with van der Waals surface area (Å²) in [5.41, 5.74) is 10.3. The highest BCUT2D eigenvalue weighted by Gasteiger charge is 2.14. The molecule has 4 aromatic rings. The Kier molecular flexibility index (Phi) is 4.95. The van der Waals surface area contributed by atoms with Crippen molar-refractivity contribution in [1.82, 2.24) is 14.5 Å². The Morgan fingerprint density at radius 2 is 1.93 bits per heavy atom. The first kappa shape index (κ1) is 18.0. The normalized spacial score (nSPS) is 11.0. The molecule has 0 aliphatic carbocycles. The van der Waals surface area contributed by atoms with Crippen LogP contribution in [0.4, 0.5) is 5.82 Å². The van der Waals surface area contributed by atoms with Gasteiger partial charge in [0.2, 0.25) is 5.95 Å². The third-order valence-electron chi connectivity index (χ3n) is 4.81. The van der Waals surface area contributed by atoms with Crippen LogP contribution in [0.2, 0.25) is 0 Å². The lowest BCUT2D eigenvalue weighted by molar-refractivity contribution is 0.412. The van der Waals surface area contributed by atoms with Crippen LogP contribution < -0.4 is 15.8 Å². The van der Waals surface area contributed by atoms with Crippen LogP contribution in [0.25, 0.3) is 16.9 Å². The molecule has 0 atom stereocenters. The van der Waals surface area contributed by atoms with Crippen LogP contribution in [-0.4, -0.2) is 21.6 Å². The number of nitrogens with one attached hydrogen (secondary N) is 1. The number of rotatable bonds is 6. The Morgan fingerprint density at radius 1 is 1.11 bits per heavy atom.